The van der Waals surface area contributed by atoms with Gasteiger partial charge in [-0.15, -0.1) is 0 Å². The molecule has 0 amide bonds. The van der Waals surface area contributed by atoms with Crippen molar-refractivity contribution in [1.82, 2.24) is 0 Å². The van der Waals surface area contributed by atoms with E-state index in [1.807, 2.05) is 68.4 Å². The summed E-state index contributed by atoms with van der Waals surface area (Å²) in [5, 5.41) is 0.611. The van der Waals surface area contributed by atoms with Crippen LogP contribution in [0.2, 0.25) is 0 Å². The van der Waals surface area contributed by atoms with Crippen LogP contribution in [0.5, 0.6) is 11.5 Å². The zero-order chi connectivity index (χ0) is 26.5. The molecule has 38 heavy (non-hydrogen) atoms. The van der Waals surface area contributed by atoms with Gasteiger partial charge in [0.2, 0.25) is 0 Å². The van der Waals surface area contributed by atoms with E-state index in [1.165, 1.54) is 6.08 Å². The van der Waals surface area contributed by atoms with Gasteiger partial charge in [-0.25, -0.2) is 4.79 Å². The van der Waals surface area contributed by atoms with E-state index in [0.29, 0.717) is 46.0 Å². The lowest BCUT2D eigenvalue weighted by Gasteiger charge is -2.07. The van der Waals surface area contributed by atoms with Crippen molar-refractivity contribution in [1.29, 1.82) is 0 Å². The number of ketones is 1. The van der Waals surface area contributed by atoms with E-state index in [2.05, 4.69) is 0 Å². The van der Waals surface area contributed by atoms with E-state index >= 15 is 0 Å². The molecule has 0 atom stereocenters. The maximum Gasteiger partial charge on any atom is 0.348 e. The Balaban J connectivity index is 1.44. The number of rotatable bonds is 8. The Morgan fingerprint density at radius 2 is 1.63 bits per heavy atom. The van der Waals surface area contributed by atoms with Gasteiger partial charge in [0.25, 0.3) is 0 Å². The summed E-state index contributed by atoms with van der Waals surface area (Å²) in [6, 6.07) is 29.3. The maximum atomic E-state index is 13.5. The van der Waals surface area contributed by atoms with E-state index in [0.717, 1.165) is 16.7 Å². The summed E-state index contributed by atoms with van der Waals surface area (Å²) in [5.74, 6) is 0.774. The molecule has 5 rings (SSSR count). The molecule has 1 heterocycles. The first-order valence-electron chi connectivity index (χ1n) is 12.4. The Bertz CT molecular complexity index is 1630. The molecule has 5 nitrogen and oxygen atoms in total. The second-order valence-corrected chi connectivity index (χ2v) is 8.79. The number of fused-ring (bicyclic) bond motifs is 1. The highest BCUT2D eigenvalue weighted by Crippen LogP contribution is 2.36. The lowest BCUT2D eigenvalue weighted by Crippen LogP contribution is -2.09. The van der Waals surface area contributed by atoms with Crippen LogP contribution in [-0.4, -0.2) is 18.4 Å². The van der Waals surface area contributed by atoms with Crippen LogP contribution < -0.4 is 9.47 Å². The number of ether oxygens (including phenoxy) is 2. The topological polar surface area (TPSA) is 65.7 Å². The molecular weight excluding hydrogens is 476 g/mol. The van der Waals surface area contributed by atoms with E-state index in [-0.39, 0.29) is 5.78 Å². The minimum atomic E-state index is -0.548. The number of carbonyl (C=O) groups is 2. The highest BCUT2D eigenvalue weighted by atomic mass is 16.5. The van der Waals surface area contributed by atoms with E-state index in [9.17, 15) is 9.59 Å². The predicted molar refractivity (Wildman–Crippen MR) is 149 cm³/mol. The van der Waals surface area contributed by atoms with Crippen LogP contribution in [0.15, 0.2) is 108 Å². The molecule has 188 valence electrons. The molecule has 0 saturated heterocycles. The van der Waals surface area contributed by atoms with Gasteiger partial charge in [-0.05, 0) is 55.8 Å². The molecule has 0 aliphatic rings. The summed E-state index contributed by atoms with van der Waals surface area (Å²) in [6.07, 6.45) is 3.22. The Labute approximate surface area is 220 Å². The first kappa shape index (κ1) is 24.8. The molecule has 0 fully saturated rings. The molecule has 0 unspecified atom stereocenters. The minimum absolute atomic E-state index is 0.102. The smallest absolute Gasteiger partial charge is 0.348 e. The molecule has 5 aromatic rings. The predicted octanol–water partition coefficient (Wildman–Crippen LogP) is 7.92. The lowest BCUT2D eigenvalue weighted by atomic mass is 10.1. The number of hydrogen-bond acceptors (Lipinski definition) is 5. The first-order valence-corrected chi connectivity index (χ1v) is 12.4. The van der Waals surface area contributed by atoms with Gasteiger partial charge in [0.1, 0.15) is 28.4 Å². The van der Waals surface area contributed by atoms with Crippen LogP contribution in [0, 0.1) is 6.92 Å². The zero-order valence-electron chi connectivity index (χ0n) is 21.1. The van der Waals surface area contributed by atoms with Gasteiger partial charge in [-0.2, -0.15) is 0 Å². The highest BCUT2D eigenvalue weighted by Gasteiger charge is 2.24. The van der Waals surface area contributed by atoms with Crippen molar-refractivity contribution in [2.24, 2.45) is 0 Å². The molecule has 0 radical (unpaired) electrons. The van der Waals surface area contributed by atoms with Gasteiger partial charge in [0.05, 0.1) is 6.61 Å². The summed E-state index contributed by atoms with van der Waals surface area (Å²) in [4.78, 5) is 26.1. The number of aryl methyl sites for hydroxylation is 1. The fourth-order valence-corrected chi connectivity index (χ4v) is 4.15. The van der Waals surface area contributed by atoms with E-state index < -0.39 is 5.97 Å². The fourth-order valence-electron chi connectivity index (χ4n) is 4.15. The molecule has 0 bridgehead atoms. The van der Waals surface area contributed by atoms with Crippen LogP contribution in [0.3, 0.4) is 0 Å². The monoisotopic (exact) mass is 502 g/mol. The number of benzene rings is 4. The van der Waals surface area contributed by atoms with Crippen LogP contribution in [0.1, 0.15) is 38.8 Å². The van der Waals surface area contributed by atoms with Crippen molar-refractivity contribution >= 4 is 28.8 Å². The summed E-state index contributed by atoms with van der Waals surface area (Å²) >= 11 is 0. The third-order valence-corrected chi connectivity index (χ3v) is 6.04. The molecule has 0 N–H and O–H groups in total. The summed E-state index contributed by atoms with van der Waals surface area (Å²) in [6.45, 7) is 4.38. The molecule has 0 aliphatic heterocycles. The quantitative estimate of drug-likeness (QED) is 0.0933. The number of esters is 1. The average molecular weight is 503 g/mol. The van der Waals surface area contributed by atoms with Crippen molar-refractivity contribution in [3.8, 4) is 22.8 Å². The summed E-state index contributed by atoms with van der Waals surface area (Å²) in [5.41, 5.74) is 4.08. The van der Waals surface area contributed by atoms with Crippen molar-refractivity contribution < 1.29 is 23.5 Å². The zero-order valence-corrected chi connectivity index (χ0v) is 21.1. The Kier molecular flexibility index (Phi) is 7.18. The van der Waals surface area contributed by atoms with Gasteiger partial charge in [-0.1, -0.05) is 78.4 Å². The van der Waals surface area contributed by atoms with Gasteiger partial charge in [0.15, 0.2) is 5.78 Å². The number of furan rings is 1. The first-order chi connectivity index (χ1) is 18.5. The second kappa shape index (κ2) is 11.0. The number of allylic oxidation sites excluding steroid dienone is 1. The lowest BCUT2D eigenvalue weighted by molar-refractivity contribution is 0.0736. The molecule has 0 spiro atoms. The molecule has 0 saturated carbocycles. The van der Waals surface area contributed by atoms with Crippen LogP contribution in [0.4, 0.5) is 0 Å². The summed E-state index contributed by atoms with van der Waals surface area (Å²) < 4.78 is 17.6. The SMILES string of the molecule is CCOc1ccc2oc(-c3ccccc3)c(C(=O)Oc3cccc(/C=C/C(=O)c4ccc(C)cc4)c3)c2c1. The normalized spacial score (nSPS) is 11.1. The van der Waals surface area contributed by atoms with Crippen molar-refractivity contribution in [2.45, 2.75) is 13.8 Å². The van der Waals surface area contributed by atoms with Gasteiger partial charge < -0.3 is 13.9 Å². The fraction of sp³-hybridized carbons (Fsp3) is 0.0909. The van der Waals surface area contributed by atoms with Crippen molar-refractivity contribution in [3.05, 3.63) is 125 Å². The minimum Gasteiger partial charge on any atom is -0.494 e. The second-order valence-electron chi connectivity index (χ2n) is 8.79. The van der Waals surface area contributed by atoms with Crippen LogP contribution in [-0.2, 0) is 0 Å². The Hall–Kier alpha value is -4.90. The summed E-state index contributed by atoms with van der Waals surface area (Å²) in [7, 11) is 0. The van der Waals surface area contributed by atoms with Crippen LogP contribution in [0.25, 0.3) is 28.4 Å². The third-order valence-electron chi connectivity index (χ3n) is 6.04. The third kappa shape index (κ3) is 5.42. The Morgan fingerprint density at radius 3 is 2.39 bits per heavy atom. The molecule has 5 heteroatoms. The van der Waals surface area contributed by atoms with Gasteiger partial charge in [-0.3, -0.25) is 4.79 Å². The Morgan fingerprint density at radius 1 is 0.842 bits per heavy atom. The van der Waals surface area contributed by atoms with E-state index in [4.69, 9.17) is 13.9 Å². The number of carbonyl (C=O) groups excluding carboxylic acids is 2. The molecular formula is C33H26O5. The molecule has 1 aromatic heterocycles. The number of hydrogen-bond donors (Lipinski definition) is 0. The molecule has 0 aliphatic carbocycles. The average Bonchev–Trinajstić information content (AvgIpc) is 3.32. The molecule has 4 aromatic carbocycles. The van der Waals surface area contributed by atoms with Gasteiger partial charge in [0, 0.05) is 16.5 Å². The maximum absolute atomic E-state index is 13.5. The van der Waals surface area contributed by atoms with E-state index in [1.54, 1.807) is 48.5 Å². The van der Waals surface area contributed by atoms with Crippen LogP contribution >= 0.6 is 0 Å². The van der Waals surface area contributed by atoms with Crippen molar-refractivity contribution in [2.75, 3.05) is 6.61 Å². The van der Waals surface area contributed by atoms with Crippen molar-refractivity contribution in [3.63, 3.8) is 0 Å². The van der Waals surface area contributed by atoms with Gasteiger partial charge >= 0.3 is 5.97 Å². The standard InChI is InChI=1S/C33H26O5/c1-3-36-26-17-19-30-28(21-26)31(32(38-30)25-9-5-4-6-10-25)33(35)37-27-11-7-8-23(20-27)14-18-29(34)24-15-12-22(2)13-16-24/h4-21H,3H2,1-2H3/b18-14+. The highest BCUT2D eigenvalue weighted by molar-refractivity contribution is 6.10. The largest absolute Gasteiger partial charge is 0.494 e.